The van der Waals surface area contributed by atoms with Crippen LogP contribution in [0.25, 0.3) is 0 Å². The molecule has 0 aliphatic carbocycles. The first-order chi connectivity index (χ1) is 8.69. The van der Waals surface area contributed by atoms with Gasteiger partial charge in [0, 0.05) is 4.88 Å². The number of benzene rings is 1. The minimum absolute atomic E-state index is 0.480. The molecule has 0 aliphatic heterocycles. The molecule has 0 amide bonds. The number of hydrogen-bond acceptors (Lipinski definition) is 3. The summed E-state index contributed by atoms with van der Waals surface area (Å²) in [6, 6.07) is 9.56. The standard InChI is InChI=1S/C13H13Cl2NOS/c14-11-7-9(5-6-16)1-3-12(11)17-8-10-2-4-13(15)18-10/h1-4,7H,5-6,8,16H2. The van der Waals surface area contributed by atoms with E-state index < -0.39 is 0 Å². The number of hydrogen-bond donors (Lipinski definition) is 1. The third-order valence-electron chi connectivity index (χ3n) is 2.43. The highest BCUT2D eigenvalue weighted by molar-refractivity contribution is 7.16. The van der Waals surface area contributed by atoms with Crippen molar-refractivity contribution in [2.75, 3.05) is 6.54 Å². The number of ether oxygens (including phenoxy) is 1. The largest absolute Gasteiger partial charge is 0.487 e. The highest BCUT2D eigenvalue weighted by atomic mass is 35.5. The SMILES string of the molecule is NCCc1ccc(OCc2ccc(Cl)s2)c(Cl)c1. The summed E-state index contributed by atoms with van der Waals surface area (Å²) in [6.07, 6.45) is 0.820. The van der Waals surface area contributed by atoms with E-state index in [0.29, 0.717) is 23.9 Å². The zero-order chi connectivity index (χ0) is 13.0. The third kappa shape index (κ3) is 3.62. The zero-order valence-electron chi connectivity index (χ0n) is 9.66. The minimum atomic E-state index is 0.480. The third-order valence-corrected chi connectivity index (χ3v) is 3.93. The number of halogens is 2. The number of thiophene rings is 1. The molecule has 0 aliphatic rings. The summed E-state index contributed by atoms with van der Waals surface area (Å²) in [5.74, 6) is 0.682. The molecule has 0 radical (unpaired) electrons. The highest BCUT2D eigenvalue weighted by Gasteiger charge is 2.04. The van der Waals surface area contributed by atoms with Crippen LogP contribution in [0.4, 0.5) is 0 Å². The van der Waals surface area contributed by atoms with E-state index in [4.69, 9.17) is 33.7 Å². The van der Waals surface area contributed by atoms with Gasteiger partial charge in [-0.1, -0.05) is 29.3 Å². The van der Waals surface area contributed by atoms with Crippen molar-refractivity contribution in [3.05, 3.63) is 50.1 Å². The van der Waals surface area contributed by atoms with Gasteiger partial charge in [0.15, 0.2) is 0 Å². The number of nitrogens with two attached hydrogens (primary N) is 1. The van der Waals surface area contributed by atoms with E-state index in [2.05, 4.69) is 0 Å². The van der Waals surface area contributed by atoms with E-state index in [0.717, 1.165) is 21.2 Å². The van der Waals surface area contributed by atoms with Crippen LogP contribution in [0, 0.1) is 0 Å². The molecule has 0 saturated carbocycles. The summed E-state index contributed by atoms with van der Waals surface area (Å²) in [4.78, 5) is 1.07. The molecular weight excluding hydrogens is 289 g/mol. The molecule has 1 aromatic carbocycles. The molecule has 5 heteroatoms. The first kappa shape index (κ1) is 13.7. The van der Waals surface area contributed by atoms with Crippen molar-refractivity contribution in [1.29, 1.82) is 0 Å². The molecular formula is C13H13Cl2NOS. The molecule has 2 nitrogen and oxygen atoms in total. The van der Waals surface area contributed by atoms with Crippen LogP contribution < -0.4 is 10.5 Å². The lowest BCUT2D eigenvalue weighted by atomic mass is 10.1. The van der Waals surface area contributed by atoms with Gasteiger partial charge in [-0.3, -0.25) is 0 Å². The van der Waals surface area contributed by atoms with Crippen molar-refractivity contribution in [1.82, 2.24) is 0 Å². The molecule has 0 saturated heterocycles. The van der Waals surface area contributed by atoms with Crippen LogP contribution in [0.2, 0.25) is 9.36 Å². The van der Waals surface area contributed by atoms with Gasteiger partial charge in [-0.15, -0.1) is 11.3 Å². The van der Waals surface area contributed by atoms with E-state index in [1.165, 1.54) is 11.3 Å². The molecule has 96 valence electrons. The summed E-state index contributed by atoms with van der Waals surface area (Å²) in [5.41, 5.74) is 6.62. The predicted molar refractivity (Wildman–Crippen MR) is 77.9 cm³/mol. The highest BCUT2D eigenvalue weighted by Crippen LogP contribution is 2.28. The molecule has 2 rings (SSSR count). The lowest BCUT2D eigenvalue weighted by molar-refractivity contribution is 0.310. The second-order valence-electron chi connectivity index (χ2n) is 3.80. The first-order valence-corrected chi connectivity index (χ1v) is 7.12. The topological polar surface area (TPSA) is 35.2 Å². The fourth-order valence-corrected chi connectivity index (χ4v) is 2.82. The van der Waals surface area contributed by atoms with Crippen molar-refractivity contribution in [3.8, 4) is 5.75 Å². The van der Waals surface area contributed by atoms with Crippen LogP contribution in [0.3, 0.4) is 0 Å². The second-order valence-corrected chi connectivity index (χ2v) is 6.00. The van der Waals surface area contributed by atoms with Crippen LogP contribution in [0.15, 0.2) is 30.3 Å². The van der Waals surface area contributed by atoms with E-state index in [1.807, 2.05) is 30.3 Å². The molecule has 0 fully saturated rings. The van der Waals surface area contributed by atoms with Gasteiger partial charge < -0.3 is 10.5 Å². The van der Waals surface area contributed by atoms with Gasteiger partial charge in [0.25, 0.3) is 0 Å². The van der Waals surface area contributed by atoms with Gasteiger partial charge in [-0.25, -0.2) is 0 Å². The van der Waals surface area contributed by atoms with Crippen molar-refractivity contribution in [2.24, 2.45) is 5.73 Å². The van der Waals surface area contributed by atoms with E-state index in [1.54, 1.807) is 0 Å². The quantitative estimate of drug-likeness (QED) is 0.901. The Balaban J connectivity index is 2.01. The molecule has 0 unspecified atom stereocenters. The fourth-order valence-electron chi connectivity index (χ4n) is 1.56. The second kappa shape index (κ2) is 6.43. The molecule has 0 atom stereocenters. The molecule has 2 N–H and O–H groups in total. The summed E-state index contributed by atoms with van der Waals surface area (Å²) in [7, 11) is 0. The average Bonchev–Trinajstić information content (AvgIpc) is 2.74. The van der Waals surface area contributed by atoms with Gasteiger partial charge in [0.2, 0.25) is 0 Å². The first-order valence-electron chi connectivity index (χ1n) is 5.54. The van der Waals surface area contributed by atoms with E-state index >= 15 is 0 Å². The Labute approximate surface area is 120 Å². The number of rotatable bonds is 5. The molecule has 1 aromatic heterocycles. The van der Waals surface area contributed by atoms with E-state index in [9.17, 15) is 0 Å². The fraction of sp³-hybridized carbons (Fsp3) is 0.231. The molecule has 18 heavy (non-hydrogen) atoms. The molecule has 0 spiro atoms. The van der Waals surface area contributed by atoms with E-state index in [-0.39, 0.29) is 0 Å². The van der Waals surface area contributed by atoms with Crippen LogP contribution >= 0.6 is 34.5 Å². The normalized spacial score (nSPS) is 10.6. The van der Waals surface area contributed by atoms with Gasteiger partial charge in [0.05, 0.1) is 9.36 Å². The minimum Gasteiger partial charge on any atom is -0.487 e. The molecule has 1 heterocycles. The van der Waals surface area contributed by atoms with Crippen molar-refractivity contribution < 1.29 is 4.74 Å². The van der Waals surface area contributed by atoms with Gasteiger partial charge >= 0.3 is 0 Å². The summed E-state index contributed by atoms with van der Waals surface area (Å²) < 4.78 is 6.42. The van der Waals surface area contributed by atoms with Crippen LogP contribution in [0.5, 0.6) is 5.75 Å². The molecule has 2 aromatic rings. The maximum atomic E-state index is 6.15. The van der Waals surface area contributed by atoms with Crippen LogP contribution in [-0.4, -0.2) is 6.54 Å². The maximum Gasteiger partial charge on any atom is 0.138 e. The summed E-state index contributed by atoms with van der Waals surface area (Å²) in [6.45, 7) is 1.09. The van der Waals surface area contributed by atoms with Gasteiger partial charge in [-0.2, -0.15) is 0 Å². The maximum absolute atomic E-state index is 6.15. The Bertz CT molecular complexity index is 527. The van der Waals surface area contributed by atoms with Crippen molar-refractivity contribution in [3.63, 3.8) is 0 Å². The molecule has 0 bridgehead atoms. The summed E-state index contributed by atoms with van der Waals surface area (Å²) >= 11 is 13.5. The van der Waals surface area contributed by atoms with Crippen LogP contribution in [-0.2, 0) is 13.0 Å². The van der Waals surface area contributed by atoms with Gasteiger partial charge in [-0.05, 0) is 42.8 Å². The smallest absolute Gasteiger partial charge is 0.138 e. The lowest BCUT2D eigenvalue weighted by Crippen LogP contribution is -2.02. The Morgan fingerprint density at radius 2 is 2.00 bits per heavy atom. The summed E-state index contributed by atoms with van der Waals surface area (Å²) in [5, 5.41) is 0.614. The van der Waals surface area contributed by atoms with Crippen molar-refractivity contribution >= 4 is 34.5 Å². The monoisotopic (exact) mass is 301 g/mol. The average molecular weight is 302 g/mol. The van der Waals surface area contributed by atoms with Gasteiger partial charge in [0.1, 0.15) is 12.4 Å². The predicted octanol–water partition coefficient (Wildman–Crippen LogP) is 4.14. The Kier molecular flexibility index (Phi) is 4.89. The Hall–Kier alpha value is -0.740. The lowest BCUT2D eigenvalue weighted by Gasteiger charge is -2.08. The van der Waals surface area contributed by atoms with Crippen molar-refractivity contribution in [2.45, 2.75) is 13.0 Å². The zero-order valence-corrected chi connectivity index (χ0v) is 12.0. The Morgan fingerprint density at radius 1 is 1.17 bits per heavy atom. The van der Waals surface area contributed by atoms with Crippen LogP contribution in [0.1, 0.15) is 10.4 Å². The Morgan fingerprint density at radius 3 is 2.61 bits per heavy atom.